The molecule has 1 aliphatic heterocycles. The molecule has 10 heteroatoms. The van der Waals surface area contributed by atoms with Crippen molar-refractivity contribution in [2.45, 2.75) is 31.3 Å². The molecule has 2 aromatic carbocycles. The van der Waals surface area contributed by atoms with Crippen LogP contribution in [-0.2, 0) is 21.4 Å². The lowest BCUT2D eigenvalue weighted by Crippen LogP contribution is -2.44. The topological polar surface area (TPSA) is 109 Å². The van der Waals surface area contributed by atoms with Crippen LogP contribution < -0.4 is 10.0 Å². The number of hydrogen-bond acceptors (Lipinski definition) is 6. The average Bonchev–Trinajstić information content (AvgIpc) is 3.52. The number of nitrogens with zero attached hydrogens (tertiary/aromatic N) is 1. The van der Waals surface area contributed by atoms with Gasteiger partial charge in [0.1, 0.15) is 11.8 Å². The van der Waals surface area contributed by atoms with Gasteiger partial charge in [-0.1, -0.05) is 6.07 Å². The minimum atomic E-state index is -3.77. The zero-order chi connectivity index (χ0) is 24.3. The van der Waals surface area contributed by atoms with Crippen LogP contribution in [0.15, 0.2) is 70.2 Å². The Morgan fingerprint density at radius 1 is 1.09 bits per heavy atom. The third kappa shape index (κ3) is 5.35. The molecular weight excluding hydrogens is 474 g/mol. The quantitative estimate of drug-likeness (QED) is 0.515. The number of benzene rings is 2. The van der Waals surface area contributed by atoms with E-state index in [0.29, 0.717) is 28.6 Å². The Hall–Kier alpha value is -3.08. The molecule has 2 heterocycles. The molecule has 0 spiro atoms. The van der Waals surface area contributed by atoms with Gasteiger partial charge in [-0.3, -0.25) is 9.59 Å². The second-order valence-electron chi connectivity index (χ2n) is 8.01. The zero-order valence-electron chi connectivity index (χ0n) is 18.8. The molecule has 0 radical (unpaired) electrons. The van der Waals surface area contributed by atoms with Gasteiger partial charge >= 0.3 is 0 Å². The van der Waals surface area contributed by atoms with Gasteiger partial charge in [-0.15, -0.1) is 11.8 Å². The van der Waals surface area contributed by atoms with E-state index in [4.69, 9.17) is 4.42 Å². The first-order chi connectivity index (χ1) is 16.2. The van der Waals surface area contributed by atoms with Crippen LogP contribution >= 0.6 is 11.8 Å². The maximum atomic E-state index is 13.1. The lowest BCUT2D eigenvalue weighted by molar-refractivity contribution is -0.119. The van der Waals surface area contributed by atoms with Gasteiger partial charge in [0, 0.05) is 17.0 Å². The molecule has 1 aliphatic rings. The molecule has 3 aromatic rings. The highest BCUT2D eigenvalue weighted by atomic mass is 32.2. The van der Waals surface area contributed by atoms with E-state index < -0.39 is 16.1 Å². The van der Waals surface area contributed by atoms with Crippen molar-refractivity contribution < 1.29 is 22.4 Å². The normalized spacial score (nSPS) is 15.9. The Morgan fingerprint density at radius 2 is 1.85 bits per heavy atom. The molecule has 0 bridgehead atoms. The van der Waals surface area contributed by atoms with Crippen LogP contribution in [0.3, 0.4) is 0 Å². The Balaban J connectivity index is 1.43. The fourth-order valence-electron chi connectivity index (χ4n) is 3.51. The van der Waals surface area contributed by atoms with Crippen LogP contribution in [-0.4, -0.2) is 42.8 Å². The van der Waals surface area contributed by atoms with Gasteiger partial charge in [0.2, 0.25) is 15.9 Å². The van der Waals surface area contributed by atoms with E-state index in [1.54, 1.807) is 12.1 Å². The SMILES string of the molecule is Cc1ccc(NC(=O)C2CSCN2C(=O)c2ccc(S(=O)(=O)NCc3ccco3)cc2)cc1C. The highest BCUT2D eigenvalue weighted by molar-refractivity contribution is 7.99. The first-order valence-electron chi connectivity index (χ1n) is 10.6. The van der Waals surface area contributed by atoms with E-state index >= 15 is 0 Å². The number of carbonyl (C=O) groups excluding carboxylic acids is 2. The smallest absolute Gasteiger partial charge is 0.255 e. The van der Waals surface area contributed by atoms with Gasteiger partial charge in [0.05, 0.1) is 23.6 Å². The predicted molar refractivity (Wildman–Crippen MR) is 131 cm³/mol. The molecule has 34 heavy (non-hydrogen) atoms. The minimum absolute atomic E-state index is 0.0261. The van der Waals surface area contributed by atoms with Crippen LogP contribution in [0.2, 0.25) is 0 Å². The van der Waals surface area contributed by atoms with Crippen molar-refractivity contribution in [1.29, 1.82) is 0 Å². The van der Waals surface area contributed by atoms with Crippen LogP contribution in [0, 0.1) is 13.8 Å². The van der Waals surface area contributed by atoms with Crippen molar-refractivity contribution in [3.8, 4) is 0 Å². The van der Waals surface area contributed by atoms with Crippen molar-refractivity contribution in [1.82, 2.24) is 9.62 Å². The molecule has 1 saturated heterocycles. The molecule has 1 aromatic heterocycles. The highest BCUT2D eigenvalue weighted by Gasteiger charge is 2.35. The van der Waals surface area contributed by atoms with Crippen LogP contribution in [0.1, 0.15) is 27.2 Å². The molecular formula is C24H25N3O5S2. The van der Waals surface area contributed by atoms with Crippen molar-refractivity contribution in [2.75, 3.05) is 16.9 Å². The van der Waals surface area contributed by atoms with E-state index in [2.05, 4.69) is 10.0 Å². The second kappa shape index (κ2) is 10.0. The molecule has 0 saturated carbocycles. The monoisotopic (exact) mass is 499 g/mol. The van der Waals surface area contributed by atoms with Crippen LogP contribution in [0.4, 0.5) is 5.69 Å². The average molecular weight is 500 g/mol. The zero-order valence-corrected chi connectivity index (χ0v) is 20.4. The van der Waals surface area contributed by atoms with Crippen molar-refractivity contribution in [3.63, 3.8) is 0 Å². The third-order valence-corrected chi connectivity index (χ3v) is 8.08. The van der Waals surface area contributed by atoms with E-state index in [0.717, 1.165) is 11.1 Å². The number of carbonyl (C=O) groups is 2. The summed E-state index contributed by atoms with van der Waals surface area (Å²) in [5, 5.41) is 2.90. The first kappa shape index (κ1) is 24.1. The number of nitrogens with one attached hydrogen (secondary N) is 2. The summed E-state index contributed by atoms with van der Waals surface area (Å²) in [5.41, 5.74) is 3.21. The summed E-state index contributed by atoms with van der Waals surface area (Å²) < 4.78 is 32.6. The van der Waals surface area contributed by atoms with Crippen LogP contribution in [0.25, 0.3) is 0 Å². The molecule has 1 unspecified atom stereocenters. The summed E-state index contributed by atoms with van der Waals surface area (Å²) in [5.74, 6) is 0.799. The van der Waals surface area contributed by atoms with Crippen molar-refractivity contribution >= 4 is 39.3 Å². The summed E-state index contributed by atoms with van der Waals surface area (Å²) in [6, 6.07) is 14.1. The Morgan fingerprint density at radius 3 is 2.53 bits per heavy atom. The number of thioether (sulfide) groups is 1. The Labute approximate surface area is 202 Å². The molecule has 178 valence electrons. The minimum Gasteiger partial charge on any atom is -0.468 e. The Kier molecular flexibility index (Phi) is 7.11. The fourth-order valence-corrected chi connectivity index (χ4v) is 5.66. The number of furan rings is 1. The van der Waals surface area contributed by atoms with Gasteiger partial charge in [-0.05, 0) is 73.5 Å². The Bertz CT molecular complexity index is 1290. The van der Waals surface area contributed by atoms with Gasteiger partial charge < -0.3 is 14.6 Å². The van der Waals surface area contributed by atoms with Gasteiger partial charge in [0.15, 0.2) is 0 Å². The lowest BCUT2D eigenvalue weighted by atomic mass is 10.1. The third-order valence-electron chi connectivity index (χ3n) is 5.65. The standard InChI is InChI=1S/C24H25N3O5S2/c1-16-5-8-19(12-17(16)2)26-23(28)22-14-33-15-27(22)24(29)18-6-9-21(10-7-18)34(30,31)25-13-20-4-3-11-32-20/h3-12,22,25H,13-15H2,1-2H3,(H,26,28). The maximum absolute atomic E-state index is 13.1. The largest absolute Gasteiger partial charge is 0.468 e. The van der Waals surface area contributed by atoms with Gasteiger partial charge in [-0.2, -0.15) is 0 Å². The molecule has 2 N–H and O–H groups in total. The van der Waals surface area contributed by atoms with E-state index in [1.165, 1.54) is 47.2 Å². The molecule has 2 amide bonds. The fraction of sp³-hybridized carbons (Fsp3) is 0.250. The lowest BCUT2D eigenvalue weighted by Gasteiger charge is -2.23. The predicted octanol–water partition coefficient (Wildman–Crippen LogP) is 3.53. The van der Waals surface area contributed by atoms with Gasteiger partial charge in [0.25, 0.3) is 5.91 Å². The molecule has 1 atom stereocenters. The van der Waals surface area contributed by atoms with Crippen molar-refractivity contribution in [2.24, 2.45) is 0 Å². The summed E-state index contributed by atoms with van der Waals surface area (Å²) in [6.45, 7) is 4.00. The highest BCUT2D eigenvalue weighted by Crippen LogP contribution is 2.25. The van der Waals surface area contributed by atoms with E-state index in [9.17, 15) is 18.0 Å². The number of anilines is 1. The molecule has 1 fully saturated rings. The number of amides is 2. The van der Waals surface area contributed by atoms with Crippen LogP contribution in [0.5, 0.6) is 0 Å². The summed E-state index contributed by atoms with van der Waals surface area (Å²) >= 11 is 1.50. The summed E-state index contributed by atoms with van der Waals surface area (Å²) in [4.78, 5) is 27.6. The second-order valence-corrected chi connectivity index (χ2v) is 10.8. The molecule has 4 rings (SSSR count). The first-order valence-corrected chi connectivity index (χ1v) is 13.3. The number of sulfonamides is 1. The number of hydrogen-bond donors (Lipinski definition) is 2. The molecule has 0 aliphatic carbocycles. The maximum Gasteiger partial charge on any atom is 0.255 e. The molecule has 8 nitrogen and oxygen atoms in total. The summed E-state index contributed by atoms with van der Waals surface area (Å²) in [6.07, 6.45) is 1.47. The number of rotatable bonds is 7. The van der Waals surface area contributed by atoms with Gasteiger partial charge in [-0.25, -0.2) is 13.1 Å². The summed E-state index contributed by atoms with van der Waals surface area (Å²) in [7, 11) is -3.77. The van der Waals surface area contributed by atoms with E-state index in [1.807, 2.05) is 32.0 Å². The van der Waals surface area contributed by atoms with Crippen molar-refractivity contribution in [3.05, 3.63) is 83.3 Å². The van der Waals surface area contributed by atoms with E-state index in [-0.39, 0.29) is 23.3 Å². The number of aryl methyl sites for hydroxylation is 2.